The monoisotopic (exact) mass is 232 g/mol. The number of hydrogen-bond donors (Lipinski definition) is 1. The summed E-state index contributed by atoms with van der Waals surface area (Å²) in [7, 11) is 0. The van der Waals surface area contributed by atoms with Crippen molar-refractivity contribution in [3.63, 3.8) is 0 Å². The van der Waals surface area contributed by atoms with E-state index in [9.17, 15) is 9.50 Å². The zero-order valence-corrected chi connectivity index (χ0v) is 10.1. The molecule has 0 amide bonds. The van der Waals surface area contributed by atoms with E-state index in [0.29, 0.717) is 16.9 Å². The lowest BCUT2D eigenvalue weighted by atomic mass is 9.82. The van der Waals surface area contributed by atoms with Crippen LogP contribution in [0.1, 0.15) is 51.4 Å². The molecule has 2 heterocycles. The van der Waals surface area contributed by atoms with Crippen molar-refractivity contribution in [3.05, 3.63) is 0 Å². The van der Waals surface area contributed by atoms with Crippen LogP contribution in [-0.2, 0) is 0 Å². The second kappa shape index (κ2) is 5.05. The van der Waals surface area contributed by atoms with Gasteiger partial charge in [-0.25, -0.2) is 0 Å². The maximum atomic E-state index is 12.0. The maximum Gasteiger partial charge on any atom is 0.0894 e. The SMILES string of the molecule is OC1(CCCCF)CC2CCCC(C1)S2. The first-order chi connectivity index (χ1) is 7.22. The van der Waals surface area contributed by atoms with Gasteiger partial charge in [0.05, 0.1) is 12.3 Å². The topological polar surface area (TPSA) is 20.2 Å². The van der Waals surface area contributed by atoms with E-state index in [1.807, 2.05) is 0 Å². The molecule has 2 aliphatic heterocycles. The summed E-state index contributed by atoms with van der Waals surface area (Å²) in [6.07, 6.45) is 8.04. The molecule has 2 atom stereocenters. The van der Waals surface area contributed by atoms with Crippen LogP contribution in [0, 0.1) is 0 Å². The van der Waals surface area contributed by atoms with Crippen molar-refractivity contribution in [2.24, 2.45) is 0 Å². The van der Waals surface area contributed by atoms with Gasteiger partial charge >= 0.3 is 0 Å². The fraction of sp³-hybridized carbons (Fsp3) is 1.00. The van der Waals surface area contributed by atoms with Gasteiger partial charge in [0.1, 0.15) is 0 Å². The summed E-state index contributed by atoms with van der Waals surface area (Å²) in [6.45, 7) is -0.238. The number of aliphatic hydroxyl groups is 1. The second-order valence-corrected chi connectivity index (χ2v) is 6.70. The molecule has 0 aromatic carbocycles. The van der Waals surface area contributed by atoms with Crippen molar-refractivity contribution >= 4 is 11.8 Å². The third-order valence-corrected chi connectivity index (χ3v) is 5.25. The molecule has 88 valence electrons. The van der Waals surface area contributed by atoms with Crippen LogP contribution in [0.25, 0.3) is 0 Å². The highest BCUT2D eigenvalue weighted by Crippen LogP contribution is 2.47. The summed E-state index contributed by atoms with van der Waals surface area (Å²) in [5.41, 5.74) is -0.462. The molecule has 3 heteroatoms. The van der Waals surface area contributed by atoms with Crippen LogP contribution >= 0.6 is 11.8 Å². The Bertz CT molecular complexity index is 198. The molecule has 2 aliphatic rings. The second-order valence-electron chi connectivity index (χ2n) is 5.09. The van der Waals surface area contributed by atoms with Gasteiger partial charge in [0.25, 0.3) is 0 Å². The van der Waals surface area contributed by atoms with Gasteiger partial charge in [0.15, 0.2) is 0 Å². The van der Waals surface area contributed by atoms with Crippen LogP contribution in [0.2, 0.25) is 0 Å². The van der Waals surface area contributed by atoms with Crippen LogP contribution in [-0.4, -0.2) is 27.9 Å². The predicted molar refractivity (Wildman–Crippen MR) is 63.0 cm³/mol. The van der Waals surface area contributed by atoms with Gasteiger partial charge in [-0.1, -0.05) is 6.42 Å². The van der Waals surface area contributed by atoms with E-state index >= 15 is 0 Å². The van der Waals surface area contributed by atoms with Crippen molar-refractivity contribution in [1.82, 2.24) is 0 Å². The molecule has 0 aromatic rings. The first-order valence-electron chi connectivity index (χ1n) is 6.16. The summed E-state index contributed by atoms with van der Waals surface area (Å²) in [5, 5.41) is 11.8. The number of fused-ring (bicyclic) bond motifs is 2. The quantitative estimate of drug-likeness (QED) is 0.750. The zero-order valence-electron chi connectivity index (χ0n) is 9.25. The lowest BCUT2D eigenvalue weighted by Gasteiger charge is -2.44. The highest BCUT2D eigenvalue weighted by atomic mass is 32.2. The van der Waals surface area contributed by atoms with E-state index in [0.717, 1.165) is 25.7 Å². The van der Waals surface area contributed by atoms with Crippen molar-refractivity contribution in [3.8, 4) is 0 Å². The molecule has 0 spiro atoms. The summed E-state index contributed by atoms with van der Waals surface area (Å²) in [4.78, 5) is 0. The summed E-state index contributed by atoms with van der Waals surface area (Å²) in [5.74, 6) is 0. The average Bonchev–Trinajstić information content (AvgIpc) is 2.17. The van der Waals surface area contributed by atoms with Gasteiger partial charge in [-0.2, -0.15) is 11.8 Å². The molecule has 2 unspecified atom stereocenters. The molecule has 1 nitrogen and oxygen atoms in total. The van der Waals surface area contributed by atoms with E-state index < -0.39 is 5.60 Å². The van der Waals surface area contributed by atoms with Gasteiger partial charge in [-0.05, 0) is 44.9 Å². The fourth-order valence-electron chi connectivity index (χ4n) is 2.97. The van der Waals surface area contributed by atoms with Gasteiger partial charge in [0.2, 0.25) is 0 Å². The normalized spacial score (nSPS) is 40.4. The Morgan fingerprint density at radius 1 is 1.20 bits per heavy atom. The number of hydrogen-bond acceptors (Lipinski definition) is 2. The van der Waals surface area contributed by atoms with E-state index in [1.165, 1.54) is 19.3 Å². The number of rotatable bonds is 4. The Morgan fingerprint density at radius 2 is 1.87 bits per heavy atom. The minimum atomic E-state index is -0.462. The van der Waals surface area contributed by atoms with Crippen molar-refractivity contribution < 1.29 is 9.50 Å². The molecule has 2 fully saturated rings. The largest absolute Gasteiger partial charge is 0.390 e. The Hall–Kier alpha value is 0.240. The minimum absolute atomic E-state index is 0.238. The smallest absolute Gasteiger partial charge is 0.0894 e. The van der Waals surface area contributed by atoms with Crippen LogP contribution < -0.4 is 0 Å². The van der Waals surface area contributed by atoms with Crippen LogP contribution in [0.5, 0.6) is 0 Å². The molecule has 2 rings (SSSR count). The number of halogens is 1. The molecule has 0 aromatic heterocycles. The molecule has 1 N–H and O–H groups in total. The average molecular weight is 232 g/mol. The third-order valence-electron chi connectivity index (χ3n) is 3.68. The van der Waals surface area contributed by atoms with Crippen molar-refractivity contribution in [1.29, 1.82) is 0 Å². The minimum Gasteiger partial charge on any atom is -0.390 e. The molecular formula is C12H21FOS. The molecule has 0 radical (unpaired) electrons. The number of thioether (sulfide) groups is 1. The summed E-state index contributed by atoms with van der Waals surface area (Å²) >= 11 is 2.08. The first kappa shape index (κ1) is 11.7. The van der Waals surface area contributed by atoms with Crippen LogP contribution in [0.4, 0.5) is 4.39 Å². The summed E-state index contributed by atoms with van der Waals surface area (Å²) in [6, 6.07) is 0. The molecule has 0 saturated carbocycles. The van der Waals surface area contributed by atoms with Crippen molar-refractivity contribution in [2.75, 3.05) is 6.67 Å². The van der Waals surface area contributed by atoms with Gasteiger partial charge in [-0.15, -0.1) is 0 Å². The van der Waals surface area contributed by atoms with Crippen LogP contribution in [0.15, 0.2) is 0 Å². The Kier molecular flexibility index (Phi) is 3.94. The Balaban J connectivity index is 1.85. The Morgan fingerprint density at radius 3 is 2.47 bits per heavy atom. The van der Waals surface area contributed by atoms with E-state index in [4.69, 9.17) is 0 Å². The van der Waals surface area contributed by atoms with Crippen LogP contribution in [0.3, 0.4) is 0 Å². The maximum absolute atomic E-state index is 12.0. The van der Waals surface area contributed by atoms with Gasteiger partial charge < -0.3 is 5.11 Å². The highest BCUT2D eigenvalue weighted by Gasteiger charge is 2.40. The molecule has 15 heavy (non-hydrogen) atoms. The zero-order chi connectivity index (χ0) is 10.7. The Labute approximate surface area is 95.8 Å². The fourth-order valence-corrected chi connectivity index (χ4v) is 4.93. The lowest BCUT2D eigenvalue weighted by Crippen LogP contribution is -2.42. The number of alkyl halides is 1. The first-order valence-corrected chi connectivity index (χ1v) is 7.10. The third kappa shape index (κ3) is 3.10. The van der Waals surface area contributed by atoms with E-state index in [2.05, 4.69) is 11.8 Å². The van der Waals surface area contributed by atoms with E-state index in [-0.39, 0.29) is 6.67 Å². The summed E-state index contributed by atoms with van der Waals surface area (Å²) < 4.78 is 12.0. The molecule has 2 bridgehead atoms. The van der Waals surface area contributed by atoms with E-state index in [1.54, 1.807) is 0 Å². The van der Waals surface area contributed by atoms with Gasteiger partial charge in [-0.3, -0.25) is 4.39 Å². The standard InChI is InChI=1S/C12H21FOS/c13-7-2-1-6-12(14)8-10-4-3-5-11(9-12)15-10/h10-11,14H,1-9H2. The van der Waals surface area contributed by atoms with Crippen molar-refractivity contribution in [2.45, 2.75) is 67.5 Å². The molecular weight excluding hydrogens is 211 g/mol. The lowest BCUT2D eigenvalue weighted by molar-refractivity contribution is 0.00219. The molecule has 0 aliphatic carbocycles. The highest BCUT2D eigenvalue weighted by molar-refractivity contribution is 8.00. The molecule has 2 saturated heterocycles. The number of unbranched alkanes of at least 4 members (excludes halogenated alkanes) is 1. The van der Waals surface area contributed by atoms with Gasteiger partial charge in [0, 0.05) is 10.5 Å². The predicted octanol–water partition coefficient (Wildman–Crippen LogP) is 3.31.